The normalized spacial score (nSPS) is 12.2. The van der Waals surface area contributed by atoms with E-state index in [0.29, 0.717) is 23.2 Å². The summed E-state index contributed by atoms with van der Waals surface area (Å²) in [4.78, 5) is 22.1. The van der Waals surface area contributed by atoms with Crippen molar-refractivity contribution in [3.05, 3.63) is 50.8 Å². The molecule has 0 spiro atoms. The van der Waals surface area contributed by atoms with E-state index in [1.165, 1.54) is 23.9 Å². The summed E-state index contributed by atoms with van der Waals surface area (Å²) in [6.07, 6.45) is 1.85. The number of benzene rings is 1. The van der Waals surface area contributed by atoms with Crippen LogP contribution >= 0.6 is 11.8 Å². The number of non-ortho nitro benzene ring substituents is 1. The Kier molecular flexibility index (Phi) is 5.69. The fourth-order valence-corrected chi connectivity index (χ4v) is 3.27. The average molecular weight is 390 g/mol. The molecule has 10 nitrogen and oxygen atoms in total. The van der Waals surface area contributed by atoms with Gasteiger partial charge in [0.05, 0.1) is 10.2 Å². The van der Waals surface area contributed by atoms with Crippen molar-refractivity contribution in [3.8, 4) is 11.5 Å². The molecule has 0 aliphatic rings. The molecule has 0 aliphatic heterocycles. The molecular formula is C16H18N6O4S. The van der Waals surface area contributed by atoms with Crippen LogP contribution in [0.2, 0.25) is 0 Å². The van der Waals surface area contributed by atoms with Gasteiger partial charge in [-0.25, -0.2) is 9.89 Å². The van der Waals surface area contributed by atoms with Gasteiger partial charge < -0.3 is 4.42 Å². The highest BCUT2D eigenvalue weighted by molar-refractivity contribution is 7.99. The highest BCUT2D eigenvalue weighted by Gasteiger charge is 2.20. The number of nitro benzene ring substituents is 1. The second kappa shape index (κ2) is 8.16. The lowest BCUT2D eigenvalue weighted by Crippen LogP contribution is -2.17. The van der Waals surface area contributed by atoms with Gasteiger partial charge in [0.1, 0.15) is 0 Å². The maximum absolute atomic E-state index is 11.9. The van der Waals surface area contributed by atoms with Gasteiger partial charge in [0.25, 0.3) is 5.69 Å². The highest BCUT2D eigenvalue weighted by Crippen LogP contribution is 2.33. The summed E-state index contributed by atoms with van der Waals surface area (Å²) in [5, 5.41) is 25.6. The van der Waals surface area contributed by atoms with E-state index >= 15 is 0 Å². The molecule has 1 atom stereocenters. The fourth-order valence-electron chi connectivity index (χ4n) is 2.36. The molecule has 27 heavy (non-hydrogen) atoms. The highest BCUT2D eigenvalue weighted by atomic mass is 32.2. The second-order valence-electron chi connectivity index (χ2n) is 5.83. The van der Waals surface area contributed by atoms with E-state index in [1.807, 2.05) is 6.92 Å². The number of aromatic nitrogens is 5. The van der Waals surface area contributed by atoms with E-state index < -0.39 is 4.92 Å². The second-order valence-corrected chi connectivity index (χ2v) is 7.13. The molecule has 2 aromatic heterocycles. The molecule has 0 bridgehead atoms. The van der Waals surface area contributed by atoms with E-state index in [2.05, 4.69) is 27.3 Å². The van der Waals surface area contributed by atoms with Crippen molar-refractivity contribution in [2.24, 2.45) is 0 Å². The number of thioether (sulfide) groups is 1. The van der Waals surface area contributed by atoms with Crippen molar-refractivity contribution >= 4 is 17.4 Å². The third-order valence-corrected chi connectivity index (χ3v) is 4.93. The SMILES string of the molecule is CCCCn1c(SC(C)c2nnc(-c3ccc([N+](=O)[O-])cc3)o2)n[nH]c1=O. The van der Waals surface area contributed by atoms with Crippen LogP contribution in [0.25, 0.3) is 11.5 Å². The summed E-state index contributed by atoms with van der Waals surface area (Å²) in [5.74, 6) is 0.656. The van der Waals surface area contributed by atoms with Crippen LogP contribution in [-0.2, 0) is 6.54 Å². The first-order chi connectivity index (χ1) is 13.0. The Morgan fingerprint density at radius 2 is 2.07 bits per heavy atom. The maximum atomic E-state index is 11.9. The lowest BCUT2D eigenvalue weighted by atomic mass is 10.2. The number of unbranched alkanes of at least 4 members (excludes halogenated alkanes) is 1. The Balaban J connectivity index is 1.74. The molecule has 0 amide bonds. The summed E-state index contributed by atoms with van der Waals surface area (Å²) in [5.41, 5.74) is 0.345. The van der Waals surface area contributed by atoms with Gasteiger partial charge in [0.15, 0.2) is 5.16 Å². The third kappa shape index (κ3) is 4.25. The number of hydrogen-bond acceptors (Lipinski definition) is 8. The molecule has 0 saturated carbocycles. The van der Waals surface area contributed by atoms with Crippen molar-refractivity contribution in [1.29, 1.82) is 0 Å². The molecule has 3 aromatic rings. The fraction of sp³-hybridized carbons (Fsp3) is 0.375. The van der Waals surface area contributed by atoms with Gasteiger partial charge in [-0.2, -0.15) is 0 Å². The van der Waals surface area contributed by atoms with Crippen molar-refractivity contribution < 1.29 is 9.34 Å². The largest absolute Gasteiger partial charge is 0.419 e. The molecule has 1 N–H and O–H groups in total. The Hall–Kier alpha value is -2.95. The topological polar surface area (TPSA) is 133 Å². The molecule has 0 saturated heterocycles. The molecule has 11 heteroatoms. The standard InChI is InChI=1S/C16H18N6O4S/c1-3-4-9-21-15(23)19-20-16(21)27-10(2)13-17-18-14(26-13)11-5-7-12(8-6-11)22(24)25/h5-8,10H,3-4,9H2,1-2H3,(H,19,23). The summed E-state index contributed by atoms with van der Waals surface area (Å²) < 4.78 is 7.29. The van der Waals surface area contributed by atoms with Gasteiger partial charge in [0.2, 0.25) is 11.8 Å². The number of rotatable bonds is 8. The van der Waals surface area contributed by atoms with Gasteiger partial charge >= 0.3 is 5.69 Å². The minimum atomic E-state index is -0.469. The van der Waals surface area contributed by atoms with Crippen LogP contribution in [0.1, 0.15) is 37.8 Å². The van der Waals surface area contributed by atoms with E-state index in [9.17, 15) is 14.9 Å². The van der Waals surface area contributed by atoms with Crippen LogP contribution in [0.5, 0.6) is 0 Å². The zero-order chi connectivity index (χ0) is 19.4. The van der Waals surface area contributed by atoms with E-state index in [4.69, 9.17) is 4.42 Å². The van der Waals surface area contributed by atoms with Crippen LogP contribution in [0, 0.1) is 10.1 Å². The lowest BCUT2D eigenvalue weighted by molar-refractivity contribution is -0.384. The van der Waals surface area contributed by atoms with E-state index in [-0.39, 0.29) is 22.5 Å². The van der Waals surface area contributed by atoms with Gasteiger partial charge in [-0.15, -0.1) is 15.3 Å². The maximum Gasteiger partial charge on any atom is 0.343 e. The summed E-state index contributed by atoms with van der Waals surface area (Å²) in [7, 11) is 0. The first-order valence-corrected chi connectivity index (χ1v) is 9.27. The molecule has 0 fully saturated rings. The zero-order valence-electron chi connectivity index (χ0n) is 14.8. The van der Waals surface area contributed by atoms with Crippen LogP contribution in [0.3, 0.4) is 0 Å². The molecule has 0 radical (unpaired) electrons. The molecule has 3 rings (SSSR count). The zero-order valence-corrected chi connectivity index (χ0v) is 15.6. The van der Waals surface area contributed by atoms with Crippen LogP contribution in [-0.4, -0.2) is 29.9 Å². The molecule has 142 valence electrons. The van der Waals surface area contributed by atoms with Crippen LogP contribution in [0.15, 0.2) is 38.6 Å². The molecular weight excluding hydrogens is 372 g/mol. The first-order valence-electron chi connectivity index (χ1n) is 8.39. The van der Waals surface area contributed by atoms with E-state index in [0.717, 1.165) is 12.8 Å². The summed E-state index contributed by atoms with van der Waals surface area (Å²) >= 11 is 1.34. The minimum Gasteiger partial charge on any atom is -0.419 e. The van der Waals surface area contributed by atoms with Crippen molar-refractivity contribution in [1.82, 2.24) is 25.0 Å². The van der Waals surface area contributed by atoms with Gasteiger partial charge in [-0.1, -0.05) is 25.1 Å². The number of hydrogen-bond donors (Lipinski definition) is 1. The number of nitrogens with zero attached hydrogens (tertiary/aromatic N) is 5. The predicted molar refractivity (Wildman–Crippen MR) is 98.4 cm³/mol. The Labute approximate surface area is 158 Å². The van der Waals surface area contributed by atoms with Gasteiger partial charge in [-0.05, 0) is 25.5 Å². The Morgan fingerprint density at radius 3 is 2.74 bits per heavy atom. The number of nitro groups is 1. The number of aromatic amines is 1. The third-order valence-electron chi connectivity index (χ3n) is 3.85. The lowest BCUT2D eigenvalue weighted by Gasteiger charge is -2.07. The van der Waals surface area contributed by atoms with Crippen LogP contribution < -0.4 is 5.69 Å². The molecule has 1 aromatic carbocycles. The van der Waals surface area contributed by atoms with Crippen molar-refractivity contribution in [2.45, 2.75) is 43.6 Å². The summed E-state index contributed by atoms with van der Waals surface area (Å²) in [6.45, 7) is 4.53. The predicted octanol–water partition coefficient (Wildman–Crippen LogP) is 3.18. The van der Waals surface area contributed by atoms with Gasteiger partial charge in [-0.3, -0.25) is 14.7 Å². The number of nitrogens with one attached hydrogen (secondary N) is 1. The molecule has 1 unspecified atom stereocenters. The number of H-pyrrole nitrogens is 1. The van der Waals surface area contributed by atoms with Crippen molar-refractivity contribution in [2.75, 3.05) is 0 Å². The smallest absolute Gasteiger partial charge is 0.343 e. The van der Waals surface area contributed by atoms with Gasteiger partial charge in [0, 0.05) is 24.2 Å². The minimum absolute atomic E-state index is 0.00834. The van der Waals surface area contributed by atoms with Crippen LogP contribution in [0.4, 0.5) is 5.69 Å². The molecule has 0 aliphatic carbocycles. The van der Waals surface area contributed by atoms with Crippen molar-refractivity contribution in [3.63, 3.8) is 0 Å². The Morgan fingerprint density at radius 1 is 1.33 bits per heavy atom. The first kappa shape index (κ1) is 18.8. The average Bonchev–Trinajstić information content (AvgIpc) is 3.28. The quantitative estimate of drug-likeness (QED) is 0.352. The Bertz CT molecular complexity index is 977. The summed E-state index contributed by atoms with van der Waals surface area (Å²) in [6, 6.07) is 5.88. The molecule has 2 heterocycles. The van der Waals surface area contributed by atoms with E-state index in [1.54, 1.807) is 16.7 Å². The monoisotopic (exact) mass is 390 g/mol.